The van der Waals surface area contributed by atoms with Crippen molar-refractivity contribution in [3.05, 3.63) is 83.9 Å². The van der Waals surface area contributed by atoms with Gasteiger partial charge in [-0.15, -0.1) is 0 Å². The summed E-state index contributed by atoms with van der Waals surface area (Å²) in [5.74, 6) is 0.578. The van der Waals surface area contributed by atoms with Gasteiger partial charge in [-0.25, -0.2) is 9.07 Å². The number of rotatable bonds is 6. The van der Waals surface area contributed by atoms with Gasteiger partial charge >= 0.3 is 0 Å². The van der Waals surface area contributed by atoms with E-state index in [4.69, 9.17) is 0 Å². The van der Waals surface area contributed by atoms with Crippen LogP contribution in [-0.2, 0) is 13.0 Å². The Kier molecular flexibility index (Phi) is 6.20. The zero-order chi connectivity index (χ0) is 19.1. The van der Waals surface area contributed by atoms with E-state index in [2.05, 4.69) is 15.4 Å². The lowest BCUT2D eigenvalue weighted by Gasteiger charge is -2.22. The SMILES string of the molecule is CN=C(NCCc1cnn(-c2ccccc2)c1)N(C)Cc1ccc(F)cc1. The maximum absolute atomic E-state index is 13.0. The summed E-state index contributed by atoms with van der Waals surface area (Å²) in [6, 6.07) is 16.6. The lowest BCUT2D eigenvalue weighted by atomic mass is 10.2. The highest BCUT2D eigenvalue weighted by Gasteiger charge is 2.07. The van der Waals surface area contributed by atoms with Crippen molar-refractivity contribution in [1.82, 2.24) is 20.0 Å². The van der Waals surface area contributed by atoms with E-state index in [1.807, 2.05) is 59.4 Å². The van der Waals surface area contributed by atoms with Gasteiger partial charge in [0.15, 0.2) is 5.96 Å². The molecule has 1 heterocycles. The third-order valence-corrected chi connectivity index (χ3v) is 4.26. The van der Waals surface area contributed by atoms with Crippen molar-refractivity contribution >= 4 is 5.96 Å². The first kappa shape index (κ1) is 18.6. The summed E-state index contributed by atoms with van der Waals surface area (Å²) in [4.78, 5) is 6.34. The highest BCUT2D eigenvalue weighted by atomic mass is 19.1. The Morgan fingerprint density at radius 3 is 2.56 bits per heavy atom. The van der Waals surface area contributed by atoms with Gasteiger partial charge in [0.2, 0.25) is 0 Å². The van der Waals surface area contributed by atoms with Gasteiger partial charge < -0.3 is 10.2 Å². The fraction of sp³-hybridized carbons (Fsp3) is 0.238. The van der Waals surface area contributed by atoms with Gasteiger partial charge in [0.25, 0.3) is 0 Å². The largest absolute Gasteiger partial charge is 0.356 e. The van der Waals surface area contributed by atoms with Crippen LogP contribution in [0.2, 0.25) is 0 Å². The van der Waals surface area contributed by atoms with Gasteiger partial charge in [-0.1, -0.05) is 30.3 Å². The van der Waals surface area contributed by atoms with Crippen molar-refractivity contribution in [2.45, 2.75) is 13.0 Å². The first-order valence-electron chi connectivity index (χ1n) is 8.91. The smallest absolute Gasteiger partial charge is 0.193 e. The van der Waals surface area contributed by atoms with Crippen molar-refractivity contribution in [1.29, 1.82) is 0 Å². The normalized spacial score (nSPS) is 11.4. The van der Waals surface area contributed by atoms with Crippen LogP contribution in [0.4, 0.5) is 4.39 Å². The molecular weight excluding hydrogens is 341 g/mol. The summed E-state index contributed by atoms with van der Waals surface area (Å²) in [5.41, 5.74) is 3.24. The molecule has 0 radical (unpaired) electrons. The second kappa shape index (κ2) is 8.98. The summed E-state index contributed by atoms with van der Waals surface area (Å²) in [7, 11) is 3.73. The molecule has 6 heteroatoms. The van der Waals surface area contributed by atoms with Crippen LogP contribution in [0.15, 0.2) is 72.0 Å². The lowest BCUT2D eigenvalue weighted by molar-refractivity contribution is 0.476. The third kappa shape index (κ3) is 5.17. The highest BCUT2D eigenvalue weighted by molar-refractivity contribution is 5.79. The van der Waals surface area contributed by atoms with E-state index < -0.39 is 0 Å². The van der Waals surface area contributed by atoms with Crippen LogP contribution in [0.3, 0.4) is 0 Å². The Morgan fingerprint density at radius 2 is 1.85 bits per heavy atom. The molecule has 0 atom stereocenters. The fourth-order valence-corrected chi connectivity index (χ4v) is 2.85. The molecule has 0 aliphatic heterocycles. The molecule has 0 aliphatic rings. The van der Waals surface area contributed by atoms with Crippen molar-refractivity contribution in [3.63, 3.8) is 0 Å². The minimum Gasteiger partial charge on any atom is -0.356 e. The van der Waals surface area contributed by atoms with Crippen LogP contribution >= 0.6 is 0 Å². The summed E-state index contributed by atoms with van der Waals surface area (Å²) >= 11 is 0. The third-order valence-electron chi connectivity index (χ3n) is 4.26. The zero-order valence-electron chi connectivity index (χ0n) is 15.6. The van der Waals surface area contributed by atoms with Crippen LogP contribution in [-0.4, -0.2) is 41.3 Å². The van der Waals surface area contributed by atoms with E-state index in [0.717, 1.165) is 35.7 Å². The average molecular weight is 365 g/mol. The number of halogens is 1. The molecule has 0 aliphatic carbocycles. The van der Waals surface area contributed by atoms with E-state index in [0.29, 0.717) is 6.54 Å². The molecule has 0 spiro atoms. The zero-order valence-corrected chi connectivity index (χ0v) is 15.6. The lowest BCUT2D eigenvalue weighted by Crippen LogP contribution is -2.39. The average Bonchev–Trinajstić information content (AvgIpc) is 3.16. The summed E-state index contributed by atoms with van der Waals surface area (Å²) in [5, 5.41) is 7.78. The molecule has 3 rings (SSSR count). The van der Waals surface area contributed by atoms with Crippen molar-refractivity contribution in [3.8, 4) is 5.69 Å². The number of aliphatic imine (C=N–C) groups is 1. The molecule has 0 saturated heterocycles. The topological polar surface area (TPSA) is 45.5 Å². The molecule has 0 unspecified atom stereocenters. The van der Waals surface area contributed by atoms with Crippen LogP contribution in [0, 0.1) is 5.82 Å². The summed E-state index contributed by atoms with van der Waals surface area (Å²) in [6.45, 7) is 1.41. The van der Waals surface area contributed by atoms with Crippen LogP contribution in [0.25, 0.3) is 5.69 Å². The first-order valence-corrected chi connectivity index (χ1v) is 8.91. The van der Waals surface area contributed by atoms with Crippen LogP contribution in [0.1, 0.15) is 11.1 Å². The predicted molar refractivity (Wildman–Crippen MR) is 106 cm³/mol. The van der Waals surface area contributed by atoms with Crippen LogP contribution in [0.5, 0.6) is 0 Å². The molecule has 140 valence electrons. The monoisotopic (exact) mass is 365 g/mol. The Hall–Kier alpha value is -3.15. The molecule has 0 saturated carbocycles. The number of para-hydroxylation sites is 1. The fourth-order valence-electron chi connectivity index (χ4n) is 2.85. The van der Waals surface area contributed by atoms with Gasteiger partial charge in [0.05, 0.1) is 11.9 Å². The second-order valence-corrected chi connectivity index (χ2v) is 6.34. The number of guanidine groups is 1. The van der Waals surface area contributed by atoms with E-state index >= 15 is 0 Å². The molecular formula is C21H24FN5. The highest BCUT2D eigenvalue weighted by Crippen LogP contribution is 2.08. The van der Waals surface area contributed by atoms with Gasteiger partial charge in [-0.2, -0.15) is 5.10 Å². The molecule has 5 nitrogen and oxygen atoms in total. The van der Waals surface area contributed by atoms with Crippen molar-refractivity contribution in [2.75, 3.05) is 20.6 Å². The summed E-state index contributed by atoms with van der Waals surface area (Å²) in [6.07, 6.45) is 4.78. The maximum Gasteiger partial charge on any atom is 0.193 e. The molecule has 0 bridgehead atoms. The van der Waals surface area contributed by atoms with Crippen molar-refractivity contribution < 1.29 is 4.39 Å². The van der Waals surface area contributed by atoms with E-state index in [1.54, 1.807) is 19.2 Å². The van der Waals surface area contributed by atoms with Gasteiger partial charge in [0, 0.05) is 33.4 Å². The first-order chi connectivity index (χ1) is 13.2. The molecule has 27 heavy (non-hydrogen) atoms. The molecule has 2 aromatic carbocycles. The summed E-state index contributed by atoms with van der Waals surface area (Å²) < 4.78 is 14.9. The Balaban J connectivity index is 1.51. The molecule has 0 fully saturated rings. The predicted octanol–water partition coefficient (Wildman–Crippen LogP) is 3.26. The molecule has 1 N–H and O–H groups in total. The Morgan fingerprint density at radius 1 is 1.11 bits per heavy atom. The number of benzene rings is 2. The minimum absolute atomic E-state index is 0.222. The Bertz CT molecular complexity index is 871. The number of hydrogen-bond acceptors (Lipinski definition) is 2. The minimum atomic E-state index is -0.222. The van der Waals surface area contributed by atoms with Gasteiger partial charge in [0.1, 0.15) is 5.82 Å². The maximum atomic E-state index is 13.0. The standard InChI is InChI=1S/C21H24FN5/c1-23-21(26(2)15-17-8-10-19(22)11-9-17)24-13-12-18-14-25-27(16-18)20-6-4-3-5-7-20/h3-11,14,16H,12-13,15H2,1-2H3,(H,23,24). The molecule has 1 aromatic heterocycles. The molecule has 3 aromatic rings. The van der Waals surface area contributed by atoms with E-state index in [-0.39, 0.29) is 5.82 Å². The Labute approximate surface area is 159 Å². The van der Waals surface area contributed by atoms with E-state index in [9.17, 15) is 4.39 Å². The number of hydrogen-bond donors (Lipinski definition) is 1. The van der Waals surface area contributed by atoms with E-state index in [1.165, 1.54) is 12.1 Å². The second-order valence-electron chi connectivity index (χ2n) is 6.34. The van der Waals surface area contributed by atoms with Crippen molar-refractivity contribution in [2.24, 2.45) is 4.99 Å². The number of nitrogens with zero attached hydrogens (tertiary/aromatic N) is 4. The van der Waals surface area contributed by atoms with Crippen LogP contribution < -0.4 is 5.32 Å². The molecule has 0 amide bonds. The quantitative estimate of drug-likeness (QED) is 0.539. The number of nitrogens with one attached hydrogen (secondary N) is 1. The van der Waals surface area contributed by atoms with Gasteiger partial charge in [-0.05, 0) is 41.8 Å². The number of aromatic nitrogens is 2. The van der Waals surface area contributed by atoms with Gasteiger partial charge in [-0.3, -0.25) is 4.99 Å².